The second kappa shape index (κ2) is 9.46. The first-order valence-electron chi connectivity index (χ1n) is 10.1. The lowest BCUT2D eigenvalue weighted by Crippen LogP contribution is -2.33. The maximum atomic E-state index is 12.4. The molecule has 11 heteroatoms. The minimum atomic E-state index is -0.791. The third kappa shape index (κ3) is 4.35. The zero-order chi connectivity index (χ0) is 24.1. The van der Waals surface area contributed by atoms with Gasteiger partial charge in [-0.15, -0.1) is 0 Å². The predicted octanol–water partition coefficient (Wildman–Crippen LogP) is 2.08. The minimum absolute atomic E-state index is 0.0260. The van der Waals surface area contributed by atoms with E-state index in [1.807, 2.05) is 24.3 Å². The quantitative estimate of drug-likeness (QED) is 0.284. The molecular weight excluding hydrogens is 434 g/mol. The van der Waals surface area contributed by atoms with Crippen LogP contribution in [0.2, 0.25) is 0 Å². The van der Waals surface area contributed by atoms with Gasteiger partial charge in [0.2, 0.25) is 5.96 Å². The second-order valence-electron chi connectivity index (χ2n) is 7.14. The normalized spacial score (nSPS) is 13.8. The molecule has 0 spiro atoms. The first kappa shape index (κ1) is 21.9. The van der Waals surface area contributed by atoms with E-state index in [0.29, 0.717) is 22.6 Å². The molecule has 1 amide bonds. The molecule has 0 saturated carbocycles. The lowest BCUT2D eigenvalue weighted by molar-refractivity contribution is -0.118. The first-order valence-corrected chi connectivity index (χ1v) is 10.1. The average Bonchev–Trinajstić information content (AvgIpc) is 2.83. The van der Waals surface area contributed by atoms with Crippen LogP contribution in [0.5, 0.6) is 5.75 Å². The van der Waals surface area contributed by atoms with Crippen LogP contribution >= 0.6 is 0 Å². The SMILES string of the molecule is N#CNC1=NC(c2ccccc2OCC(=O)Nc2ccccc2)c2c(nc(N)c(C#N)c2N)N1. The van der Waals surface area contributed by atoms with Gasteiger partial charge in [-0.1, -0.05) is 36.4 Å². The number of fused-ring (bicyclic) bond motifs is 1. The van der Waals surface area contributed by atoms with E-state index < -0.39 is 6.04 Å². The summed E-state index contributed by atoms with van der Waals surface area (Å²) < 4.78 is 5.82. The Morgan fingerprint density at radius 1 is 1.12 bits per heavy atom. The minimum Gasteiger partial charge on any atom is -0.483 e. The molecule has 2 aromatic carbocycles. The third-order valence-electron chi connectivity index (χ3n) is 4.99. The summed E-state index contributed by atoms with van der Waals surface area (Å²) in [6, 6.07) is 17.1. The van der Waals surface area contributed by atoms with Crippen molar-refractivity contribution in [2.24, 2.45) is 4.99 Å². The summed E-state index contributed by atoms with van der Waals surface area (Å²) in [5.41, 5.74) is 13.9. The molecule has 1 aliphatic rings. The molecule has 34 heavy (non-hydrogen) atoms. The van der Waals surface area contributed by atoms with Crippen LogP contribution in [-0.4, -0.2) is 23.5 Å². The predicted molar refractivity (Wildman–Crippen MR) is 126 cm³/mol. The number of para-hydroxylation sites is 2. The molecule has 1 unspecified atom stereocenters. The number of nitrogens with two attached hydrogens (primary N) is 2. The van der Waals surface area contributed by atoms with E-state index in [0.717, 1.165) is 0 Å². The summed E-state index contributed by atoms with van der Waals surface area (Å²) in [5, 5.41) is 26.6. The number of nitrogens with one attached hydrogen (secondary N) is 3. The Bertz CT molecular complexity index is 1360. The van der Waals surface area contributed by atoms with Gasteiger partial charge in [-0.05, 0) is 18.2 Å². The lowest BCUT2D eigenvalue weighted by Gasteiger charge is -2.27. The van der Waals surface area contributed by atoms with Crippen molar-refractivity contribution in [3.8, 4) is 18.0 Å². The number of carbonyl (C=O) groups is 1. The van der Waals surface area contributed by atoms with Crippen LogP contribution in [0.15, 0.2) is 59.6 Å². The zero-order valence-electron chi connectivity index (χ0n) is 17.7. The summed E-state index contributed by atoms with van der Waals surface area (Å²) in [7, 11) is 0. The van der Waals surface area contributed by atoms with Gasteiger partial charge >= 0.3 is 0 Å². The Kier molecular flexibility index (Phi) is 6.10. The first-order chi connectivity index (χ1) is 16.5. The van der Waals surface area contributed by atoms with Crippen LogP contribution in [0.3, 0.4) is 0 Å². The van der Waals surface area contributed by atoms with Gasteiger partial charge in [0.25, 0.3) is 5.91 Å². The van der Waals surface area contributed by atoms with Crippen LogP contribution in [-0.2, 0) is 4.79 Å². The molecule has 2 heterocycles. The van der Waals surface area contributed by atoms with Gasteiger partial charge in [-0.25, -0.2) is 9.98 Å². The number of nitrogens with zero attached hydrogens (tertiary/aromatic N) is 4. The number of hydrogen-bond acceptors (Lipinski definition) is 10. The van der Waals surface area contributed by atoms with Gasteiger partial charge in [0.15, 0.2) is 12.8 Å². The topological polar surface area (TPSA) is 187 Å². The molecular formula is C23H19N9O2. The van der Waals surface area contributed by atoms with E-state index in [9.17, 15) is 10.1 Å². The zero-order valence-corrected chi connectivity index (χ0v) is 17.7. The molecule has 7 N–H and O–H groups in total. The number of aliphatic imine (C=N–C) groups is 1. The fourth-order valence-corrected chi connectivity index (χ4v) is 3.51. The number of ether oxygens (including phenoxy) is 1. The standard InChI is InChI=1S/C23H19N9O2/c24-10-15-19(26)18-20(30-23(28-12-25)32-22(18)31-21(15)27)14-8-4-5-9-16(14)34-11-17(33)29-13-6-2-1-3-7-13/h1-9,20H,11H2,(H,29,33)(H6,26,27,28,30,31,32). The van der Waals surface area contributed by atoms with E-state index >= 15 is 0 Å². The van der Waals surface area contributed by atoms with Gasteiger partial charge in [-0.2, -0.15) is 10.5 Å². The van der Waals surface area contributed by atoms with Crippen molar-refractivity contribution < 1.29 is 9.53 Å². The van der Waals surface area contributed by atoms with Crippen molar-refractivity contribution in [3.05, 3.63) is 71.3 Å². The monoisotopic (exact) mass is 453 g/mol. The summed E-state index contributed by atoms with van der Waals surface area (Å²) in [6.07, 6.45) is 1.80. The molecule has 11 nitrogen and oxygen atoms in total. The van der Waals surface area contributed by atoms with Crippen molar-refractivity contribution in [3.63, 3.8) is 0 Å². The number of rotatable bonds is 5. The highest BCUT2D eigenvalue weighted by molar-refractivity contribution is 5.98. The van der Waals surface area contributed by atoms with E-state index in [1.54, 1.807) is 42.6 Å². The second-order valence-corrected chi connectivity index (χ2v) is 7.14. The summed E-state index contributed by atoms with van der Waals surface area (Å²) in [4.78, 5) is 21.1. The molecule has 0 bridgehead atoms. The van der Waals surface area contributed by atoms with Crippen LogP contribution in [0, 0.1) is 22.8 Å². The Morgan fingerprint density at radius 2 is 1.85 bits per heavy atom. The molecule has 3 aromatic rings. The van der Waals surface area contributed by atoms with Gasteiger partial charge in [0, 0.05) is 16.8 Å². The van der Waals surface area contributed by atoms with Gasteiger partial charge in [-0.3, -0.25) is 10.1 Å². The molecule has 4 rings (SSSR count). The number of nitrogen functional groups attached to an aromatic ring is 2. The summed E-state index contributed by atoms with van der Waals surface area (Å²) >= 11 is 0. The van der Waals surface area contributed by atoms with Gasteiger partial charge in [0.05, 0.1) is 5.69 Å². The number of hydrogen-bond donors (Lipinski definition) is 5. The van der Waals surface area contributed by atoms with Crippen LogP contribution in [0.4, 0.5) is 23.0 Å². The van der Waals surface area contributed by atoms with E-state index in [-0.39, 0.29) is 41.4 Å². The number of benzene rings is 2. The van der Waals surface area contributed by atoms with Crippen molar-refractivity contribution in [2.45, 2.75) is 6.04 Å². The van der Waals surface area contributed by atoms with Crippen molar-refractivity contribution in [1.82, 2.24) is 10.3 Å². The van der Waals surface area contributed by atoms with Crippen molar-refractivity contribution in [1.29, 1.82) is 10.5 Å². The lowest BCUT2D eigenvalue weighted by atomic mass is 9.94. The fraction of sp³-hybridized carbons (Fsp3) is 0.0870. The number of pyridine rings is 1. The smallest absolute Gasteiger partial charge is 0.262 e. The molecule has 0 radical (unpaired) electrons. The number of carbonyl (C=O) groups excluding carboxylic acids is 1. The molecule has 1 atom stereocenters. The Labute approximate surface area is 194 Å². The molecule has 168 valence electrons. The van der Waals surface area contributed by atoms with Crippen LogP contribution in [0.25, 0.3) is 0 Å². The number of nitriles is 2. The molecule has 1 aliphatic heterocycles. The highest BCUT2D eigenvalue weighted by Gasteiger charge is 2.31. The number of aromatic nitrogens is 1. The van der Waals surface area contributed by atoms with Crippen molar-refractivity contribution in [2.75, 3.05) is 28.7 Å². The highest BCUT2D eigenvalue weighted by Crippen LogP contribution is 2.43. The Hall–Kier alpha value is -5.29. The molecule has 0 saturated heterocycles. The molecule has 0 fully saturated rings. The Morgan fingerprint density at radius 3 is 2.59 bits per heavy atom. The van der Waals surface area contributed by atoms with E-state index in [1.165, 1.54) is 0 Å². The number of anilines is 4. The van der Waals surface area contributed by atoms with Gasteiger partial charge in [0.1, 0.15) is 35.1 Å². The largest absolute Gasteiger partial charge is 0.483 e. The maximum Gasteiger partial charge on any atom is 0.262 e. The summed E-state index contributed by atoms with van der Waals surface area (Å²) in [6.45, 7) is -0.254. The summed E-state index contributed by atoms with van der Waals surface area (Å²) in [5.74, 6) is 0.349. The Balaban J connectivity index is 1.69. The number of guanidine groups is 1. The van der Waals surface area contributed by atoms with Crippen LogP contribution in [0.1, 0.15) is 22.7 Å². The third-order valence-corrected chi connectivity index (χ3v) is 4.99. The highest BCUT2D eigenvalue weighted by atomic mass is 16.5. The maximum absolute atomic E-state index is 12.4. The fourth-order valence-electron chi connectivity index (χ4n) is 3.51. The molecule has 1 aromatic heterocycles. The number of amides is 1. The van der Waals surface area contributed by atoms with E-state index in [4.69, 9.17) is 21.5 Å². The van der Waals surface area contributed by atoms with E-state index in [2.05, 4.69) is 25.9 Å². The van der Waals surface area contributed by atoms with Gasteiger partial charge < -0.3 is 26.8 Å². The molecule has 0 aliphatic carbocycles. The van der Waals surface area contributed by atoms with Crippen molar-refractivity contribution >= 4 is 34.9 Å². The average molecular weight is 453 g/mol. The van der Waals surface area contributed by atoms with Crippen LogP contribution < -0.4 is 32.2 Å².